The van der Waals surface area contributed by atoms with Crippen molar-refractivity contribution in [2.75, 3.05) is 61.2 Å². The molecule has 0 saturated carbocycles. The average Bonchev–Trinajstić information content (AvgIpc) is 3.66. The Labute approximate surface area is 289 Å². The average molecular weight is 686 g/mol. The van der Waals surface area contributed by atoms with Gasteiger partial charge in [-0.1, -0.05) is 18.2 Å². The van der Waals surface area contributed by atoms with Crippen molar-refractivity contribution in [3.8, 4) is 46.0 Å². The smallest absolute Gasteiger partial charge is 0.255 e. The fourth-order valence-electron chi connectivity index (χ4n) is 5.76. The van der Waals surface area contributed by atoms with Crippen molar-refractivity contribution in [3.63, 3.8) is 0 Å². The van der Waals surface area contributed by atoms with E-state index in [4.69, 9.17) is 42.7 Å². The van der Waals surface area contributed by atoms with E-state index < -0.39 is 12.3 Å². The zero-order valence-electron chi connectivity index (χ0n) is 28.6. The Morgan fingerprint density at radius 1 is 0.620 bits per heavy atom. The van der Waals surface area contributed by atoms with E-state index in [2.05, 4.69) is 16.1 Å². The molecule has 2 heterocycles. The number of nitrogens with one attached hydrogen (secondary N) is 3. The molecule has 0 spiro atoms. The zero-order chi connectivity index (χ0) is 35.2. The highest BCUT2D eigenvalue weighted by Crippen LogP contribution is 2.44. The fraction of sp³-hybridized carbons (Fsp3) is 0.270. The summed E-state index contributed by atoms with van der Waals surface area (Å²) in [6, 6.07) is 20.2. The molecule has 1 amide bonds. The molecule has 13 heteroatoms. The van der Waals surface area contributed by atoms with E-state index in [0.717, 1.165) is 28.1 Å². The largest absolute Gasteiger partial charge is 0.493 e. The maximum atomic E-state index is 12.6. The second kappa shape index (κ2) is 15.1. The summed E-state index contributed by atoms with van der Waals surface area (Å²) >= 11 is 0. The maximum absolute atomic E-state index is 12.6. The highest BCUT2D eigenvalue weighted by Gasteiger charge is 2.27. The van der Waals surface area contributed by atoms with Gasteiger partial charge in [0.2, 0.25) is 11.5 Å². The first-order valence-corrected chi connectivity index (χ1v) is 15.7. The van der Waals surface area contributed by atoms with Crippen molar-refractivity contribution < 1.29 is 47.5 Å². The number of rotatable bonds is 14. The molecule has 0 fully saturated rings. The number of carbonyl (C=O) groups is 1. The first-order valence-electron chi connectivity index (χ1n) is 15.7. The molecule has 3 N–H and O–H groups in total. The summed E-state index contributed by atoms with van der Waals surface area (Å²) in [5, 5.41) is 6.33. The molecule has 0 aliphatic carbocycles. The highest BCUT2D eigenvalue weighted by atomic mass is 16.7. The summed E-state index contributed by atoms with van der Waals surface area (Å²) in [5.41, 5.74) is 7.45. The molecular formula is C37H39N3O10. The van der Waals surface area contributed by atoms with Crippen LogP contribution in [-0.4, -0.2) is 61.8 Å². The number of carbonyl (C=O) groups excluding carboxylic acids is 1. The molecule has 4 aromatic rings. The van der Waals surface area contributed by atoms with Gasteiger partial charge >= 0.3 is 0 Å². The Kier molecular flexibility index (Phi) is 10.2. The van der Waals surface area contributed by atoms with Crippen LogP contribution in [0.25, 0.3) is 5.70 Å². The van der Waals surface area contributed by atoms with Crippen molar-refractivity contribution in [3.05, 3.63) is 95.1 Å². The normalized spacial score (nSPS) is 16.1. The first kappa shape index (κ1) is 33.9. The van der Waals surface area contributed by atoms with Crippen LogP contribution in [-0.2, 0) is 4.84 Å². The number of methoxy groups -OCH3 is 6. The Bertz CT molecular complexity index is 1850. The van der Waals surface area contributed by atoms with Crippen LogP contribution in [0, 0.1) is 0 Å². The van der Waals surface area contributed by atoms with Crippen LogP contribution in [0.3, 0.4) is 0 Å². The fourth-order valence-corrected chi connectivity index (χ4v) is 5.76. The van der Waals surface area contributed by atoms with Crippen molar-refractivity contribution in [1.29, 1.82) is 0 Å². The molecule has 4 aromatic carbocycles. The van der Waals surface area contributed by atoms with Crippen molar-refractivity contribution in [1.82, 2.24) is 10.8 Å². The monoisotopic (exact) mass is 685 g/mol. The second-order valence-electron chi connectivity index (χ2n) is 11.1. The van der Waals surface area contributed by atoms with E-state index in [0.29, 0.717) is 51.6 Å². The van der Waals surface area contributed by atoms with Crippen LogP contribution >= 0.6 is 0 Å². The van der Waals surface area contributed by atoms with Crippen LogP contribution in [0.5, 0.6) is 46.0 Å². The van der Waals surface area contributed by atoms with Gasteiger partial charge in [0, 0.05) is 11.3 Å². The van der Waals surface area contributed by atoms with Crippen LogP contribution in [0.1, 0.15) is 39.3 Å². The molecule has 0 saturated heterocycles. The van der Waals surface area contributed by atoms with Crippen LogP contribution in [0.15, 0.2) is 72.8 Å². The third-order valence-corrected chi connectivity index (χ3v) is 8.26. The summed E-state index contributed by atoms with van der Waals surface area (Å²) in [6.45, 7) is 0.382. The van der Waals surface area contributed by atoms with Gasteiger partial charge < -0.3 is 48.5 Å². The lowest BCUT2D eigenvalue weighted by atomic mass is 10.0. The zero-order valence-corrected chi connectivity index (χ0v) is 28.6. The quantitative estimate of drug-likeness (QED) is 0.141. The predicted molar refractivity (Wildman–Crippen MR) is 185 cm³/mol. The summed E-state index contributed by atoms with van der Waals surface area (Å²) in [7, 11) is 9.37. The number of benzene rings is 4. The van der Waals surface area contributed by atoms with Crippen molar-refractivity contribution in [2.45, 2.75) is 12.3 Å². The molecule has 2 aliphatic rings. The summed E-state index contributed by atoms with van der Waals surface area (Å²) in [5.74, 6) is 3.78. The second-order valence-corrected chi connectivity index (χ2v) is 11.1. The van der Waals surface area contributed by atoms with Gasteiger partial charge in [0.25, 0.3) is 5.91 Å². The number of ether oxygens (including phenoxy) is 8. The molecule has 2 aliphatic heterocycles. The van der Waals surface area contributed by atoms with Crippen molar-refractivity contribution >= 4 is 17.3 Å². The summed E-state index contributed by atoms with van der Waals surface area (Å²) in [6.07, 6.45) is 1.04. The lowest BCUT2D eigenvalue weighted by Crippen LogP contribution is -2.38. The minimum absolute atomic E-state index is 0.149. The molecule has 2 unspecified atom stereocenters. The first-order chi connectivity index (χ1) is 24.4. The number of hydrogen-bond donors (Lipinski definition) is 3. The van der Waals surface area contributed by atoms with Gasteiger partial charge in [-0.05, 0) is 65.7 Å². The molecule has 0 aromatic heterocycles. The van der Waals surface area contributed by atoms with E-state index in [1.54, 1.807) is 54.8 Å². The number of hydroxylamine groups is 1. The molecule has 262 valence electrons. The number of amides is 1. The van der Waals surface area contributed by atoms with Crippen molar-refractivity contribution in [2.24, 2.45) is 0 Å². The topological polar surface area (TPSA) is 136 Å². The highest BCUT2D eigenvalue weighted by molar-refractivity contribution is 6.01. The van der Waals surface area contributed by atoms with Gasteiger partial charge in [-0.25, -0.2) is 0 Å². The van der Waals surface area contributed by atoms with E-state index in [9.17, 15) is 4.79 Å². The minimum Gasteiger partial charge on any atom is -0.493 e. The number of hydrogen-bond acceptors (Lipinski definition) is 12. The van der Waals surface area contributed by atoms with Gasteiger partial charge in [0.05, 0.1) is 53.9 Å². The van der Waals surface area contributed by atoms with E-state index >= 15 is 0 Å². The Morgan fingerprint density at radius 2 is 1.24 bits per heavy atom. The SMILES string of the molecule is COc1cc(C2NC(=O)c3ccccc3N2)ccc1OCCOc1c(OC)cc(C2C=C(c3cc(OC)c(OC)c(OC)c3)NO2)cc1OC. The van der Waals surface area contributed by atoms with Crippen LogP contribution in [0.2, 0.25) is 0 Å². The lowest BCUT2D eigenvalue weighted by molar-refractivity contribution is 0.0507. The Balaban J connectivity index is 1.12. The van der Waals surface area contributed by atoms with Gasteiger partial charge in [-0.2, -0.15) is 0 Å². The molecule has 13 nitrogen and oxygen atoms in total. The Hall–Kier alpha value is -5.95. The van der Waals surface area contributed by atoms with Crippen LogP contribution < -0.4 is 54.0 Å². The molecular weight excluding hydrogens is 646 g/mol. The summed E-state index contributed by atoms with van der Waals surface area (Å²) < 4.78 is 45.6. The van der Waals surface area contributed by atoms with Gasteiger partial charge in [0.15, 0.2) is 34.5 Å². The van der Waals surface area contributed by atoms with Crippen LogP contribution in [0.4, 0.5) is 5.69 Å². The van der Waals surface area contributed by atoms with Gasteiger partial charge in [0.1, 0.15) is 25.5 Å². The third kappa shape index (κ3) is 6.80. The molecule has 2 atom stereocenters. The molecule has 50 heavy (non-hydrogen) atoms. The third-order valence-electron chi connectivity index (χ3n) is 8.26. The Morgan fingerprint density at radius 3 is 1.90 bits per heavy atom. The minimum atomic E-state index is -0.466. The van der Waals surface area contributed by atoms with E-state index in [1.165, 1.54) is 0 Å². The molecule has 0 bridgehead atoms. The number of anilines is 1. The van der Waals surface area contributed by atoms with Gasteiger partial charge in [-0.15, -0.1) is 0 Å². The predicted octanol–water partition coefficient (Wildman–Crippen LogP) is 5.67. The number of para-hydroxylation sites is 1. The lowest BCUT2D eigenvalue weighted by Gasteiger charge is -2.28. The molecule has 6 rings (SSSR count). The standard InChI is InChI=1S/C37H39N3O10/c1-42-29-15-21(36-38-25-10-8-7-9-24(25)37(41)39-36)11-12-27(29)48-13-14-49-35-32(45-4)18-23(19-33(35)46-5)28-20-26(40-50-28)22-16-30(43-2)34(47-6)31(17-22)44-3/h7-12,15-20,28,36,38,40H,13-14H2,1-6H3,(H,39,41). The van der Waals surface area contributed by atoms with E-state index in [1.807, 2.05) is 60.7 Å². The van der Waals surface area contributed by atoms with Gasteiger partial charge in [-0.3, -0.25) is 15.1 Å². The summed E-state index contributed by atoms with van der Waals surface area (Å²) in [4.78, 5) is 18.5. The van der Waals surface area contributed by atoms with E-state index in [-0.39, 0.29) is 19.1 Å². The maximum Gasteiger partial charge on any atom is 0.255 e. The molecule has 0 radical (unpaired) electrons. The number of fused-ring (bicyclic) bond motifs is 1.